The molecule has 15 heavy (non-hydrogen) atoms. The van der Waals surface area contributed by atoms with Crippen LogP contribution in [0, 0.1) is 0 Å². The van der Waals surface area contributed by atoms with E-state index in [4.69, 9.17) is 0 Å². The van der Waals surface area contributed by atoms with Crippen molar-refractivity contribution in [3.8, 4) is 0 Å². The zero-order valence-electron chi connectivity index (χ0n) is 8.62. The Morgan fingerprint density at radius 1 is 0.933 bits per heavy atom. The molecule has 2 aromatic carbocycles. The molecule has 1 nitrogen and oxygen atoms in total. The standard InChI is InChI=1S/C13H11BN/c1-14-9-6-7-13-11(8-9)10-4-2-3-5-12(10)15-13/h2-8,15H,1H3. The summed E-state index contributed by atoms with van der Waals surface area (Å²) in [6.07, 6.45) is 0. The van der Waals surface area contributed by atoms with Crippen molar-refractivity contribution in [3.63, 3.8) is 0 Å². The van der Waals surface area contributed by atoms with Crippen LogP contribution in [0.3, 0.4) is 0 Å². The molecule has 0 spiro atoms. The SMILES string of the molecule is C[B]c1ccc2[nH]c3ccccc3c2c1. The van der Waals surface area contributed by atoms with E-state index in [1.165, 1.54) is 27.3 Å². The highest BCUT2D eigenvalue weighted by molar-refractivity contribution is 6.52. The van der Waals surface area contributed by atoms with Crippen molar-refractivity contribution in [2.24, 2.45) is 0 Å². The number of hydrogen-bond donors (Lipinski definition) is 1. The zero-order valence-corrected chi connectivity index (χ0v) is 8.62. The molecular weight excluding hydrogens is 181 g/mol. The predicted octanol–water partition coefficient (Wildman–Crippen LogP) is 2.70. The van der Waals surface area contributed by atoms with Gasteiger partial charge in [0.05, 0.1) is 0 Å². The van der Waals surface area contributed by atoms with Crippen LogP contribution in [0.1, 0.15) is 0 Å². The minimum absolute atomic E-state index is 1.21. The predicted molar refractivity (Wildman–Crippen MR) is 67.1 cm³/mol. The molecule has 0 saturated heterocycles. The number of aromatic amines is 1. The maximum Gasteiger partial charge on any atom is 0.148 e. The monoisotopic (exact) mass is 192 g/mol. The molecule has 2 heteroatoms. The lowest BCUT2D eigenvalue weighted by Gasteiger charge is -1.95. The van der Waals surface area contributed by atoms with Gasteiger partial charge in [0.2, 0.25) is 0 Å². The molecule has 0 bridgehead atoms. The quantitative estimate of drug-likeness (QED) is 0.570. The molecule has 0 unspecified atom stereocenters. The van der Waals surface area contributed by atoms with Crippen molar-refractivity contribution in [3.05, 3.63) is 42.5 Å². The van der Waals surface area contributed by atoms with E-state index in [2.05, 4.69) is 61.6 Å². The molecule has 0 fully saturated rings. The highest BCUT2D eigenvalue weighted by atomic mass is 14.7. The van der Waals surface area contributed by atoms with Crippen LogP contribution in [0.2, 0.25) is 6.82 Å². The molecular formula is C13H11BN. The molecule has 0 atom stereocenters. The molecule has 71 valence electrons. The van der Waals surface area contributed by atoms with Gasteiger partial charge in [-0.25, -0.2) is 0 Å². The first-order valence-electron chi connectivity index (χ1n) is 5.18. The van der Waals surface area contributed by atoms with Crippen molar-refractivity contribution in [1.82, 2.24) is 4.98 Å². The van der Waals surface area contributed by atoms with Crippen LogP contribution in [0.4, 0.5) is 0 Å². The largest absolute Gasteiger partial charge is 0.355 e. The van der Waals surface area contributed by atoms with Gasteiger partial charge in [0.25, 0.3) is 0 Å². The molecule has 1 N–H and O–H groups in total. The van der Waals surface area contributed by atoms with E-state index in [-0.39, 0.29) is 0 Å². The normalized spacial score (nSPS) is 11.0. The molecule has 1 aromatic heterocycles. The van der Waals surface area contributed by atoms with E-state index in [1.807, 2.05) is 0 Å². The number of para-hydroxylation sites is 1. The Labute approximate surface area is 89.4 Å². The number of H-pyrrole nitrogens is 1. The summed E-state index contributed by atoms with van der Waals surface area (Å²) in [5.74, 6) is 0. The van der Waals surface area contributed by atoms with Crippen LogP contribution in [-0.2, 0) is 0 Å². The molecule has 1 heterocycles. The Kier molecular flexibility index (Phi) is 1.81. The van der Waals surface area contributed by atoms with Crippen LogP contribution in [0.25, 0.3) is 21.8 Å². The summed E-state index contributed by atoms with van der Waals surface area (Å²) < 4.78 is 0. The molecule has 0 aliphatic heterocycles. The van der Waals surface area contributed by atoms with Crippen LogP contribution in [0.5, 0.6) is 0 Å². The Hall–Kier alpha value is -1.70. The smallest absolute Gasteiger partial charge is 0.148 e. The third kappa shape index (κ3) is 1.25. The number of rotatable bonds is 1. The van der Waals surface area contributed by atoms with Gasteiger partial charge < -0.3 is 4.98 Å². The lowest BCUT2D eigenvalue weighted by molar-refractivity contribution is 1.55. The molecule has 0 aliphatic rings. The van der Waals surface area contributed by atoms with Crippen molar-refractivity contribution >= 4 is 34.5 Å². The number of nitrogens with one attached hydrogen (secondary N) is 1. The van der Waals surface area contributed by atoms with Gasteiger partial charge in [0.15, 0.2) is 0 Å². The minimum Gasteiger partial charge on any atom is -0.355 e. The van der Waals surface area contributed by atoms with Gasteiger partial charge in [-0.2, -0.15) is 0 Å². The lowest BCUT2D eigenvalue weighted by atomic mass is 9.73. The van der Waals surface area contributed by atoms with Gasteiger partial charge >= 0.3 is 0 Å². The second-order valence-corrected chi connectivity index (χ2v) is 3.76. The highest BCUT2D eigenvalue weighted by Gasteiger charge is 2.03. The fourth-order valence-corrected chi connectivity index (χ4v) is 2.05. The Morgan fingerprint density at radius 2 is 1.73 bits per heavy atom. The van der Waals surface area contributed by atoms with Gasteiger partial charge in [0, 0.05) is 21.8 Å². The first kappa shape index (κ1) is 8.60. The number of hydrogen-bond acceptors (Lipinski definition) is 0. The van der Waals surface area contributed by atoms with E-state index in [1.54, 1.807) is 0 Å². The van der Waals surface area contributed by atoms with E-state index < -0.39 is 0 Å². The van der Waals surface area contributed by atoms with Crippen molar-refractivity contribution < 1.29 is 0 Å². The van der Waals surface area contributed by atoms with E-state index in [0.29, 0.717) is 0 Å². The third-order valence-electron chi connectivity index (χ3n) is 2.86. The maximum absolute atomic E-state index is 3.42. The van der Waals surface area contributed by atoms with Crippen LogP contribution in [0.15, 0.2) is 42.5 Å². The van der Waals surface area contributed by atoms with E-state index in [0.717, 1.165) is 0 Å². The second-order valence-electron chi connectivity index (χ2n) is 3.76. The summed E-state index contributed by atoms with van der Waals surface area (Å²) in [4.78, 5) is 3.42. The van der Waals surface area contributed by atoms with Gasteiger partial charge in [0.1, 0.15) is 7.28 Å². The fraction of sp³-hybridized carbons (Fsp3) is 0.0769. The van der Waals surface area contributed by atoms with Gasteiger partial charge in [-0.1, -0.05) is 42.6 Å². The second kappa shape index (κ2) is 3.16. The molecule has 0 saturated carbocycles. The molecule has 3 rings (SSSR count). The molecule has 1 radical (unpaired) electrons. The van der Waals surface area contributed by atoms with E-state index >= 15 is 0 Å². The Morgan fingerprint density at radius 3 is 2.60 bits per heavy atom. The summed E-state index contributed by atoms with van der Waals surface area (Å²) >= 11 is 0. The van der Waals surface area contributed by atoms with Crippen molar-refractivity contribution in [2.45, 2.75) is 6.82 Å². The summed E-state index contributed by atoms with van der Waals surface area (Å²) in [5, 5.41) is 2.61. The number of aromatic nitrogens is 1. The summed E-state index contributed by atoms with van der Waals surface area (Å²) in [7, 11) is 2.13. The van der Waals surface area contributed by atoms with Gasteiger partial charge in [-0.05, 0) is 12.1 Å². The molecule has 3 aromatic rings. The first-order chi connectivity index (χ1) is 7.38. The van der Waals surface area contributed by atoms with Crippen molar-refractivity contribution in [1.29, 1.82) is 0 Å². The molecule has 0 amide bonds. The number of fused-ring (bicyclic) bond motifs is 3. The average Bonchev–Trinajstić information content (AvgIpc) is 2.66. The average molecular weight is 192 g/mol. The highest BCUT2D eigenvalue weighted by Crippen LogP contribution is 2.23. The van der Waals surface area contributed by atoms with Gasteiger partial charge in [-0.3, -0.25) is 0 Å². The van der Waals surface area contributed by atoms with Crippen LogP contribution < -0.4 is 5.46 Å². The lowest BCUT2D eigenvalue weighted by Crippen LogP contribution is -2.08. The first-order valence-corrected chi connectivity index (χ1v) is 5.18. The van der Waals surface area contributed by atoms with E-state index in [9.17, 15) is 0 Å². The summed E-state index contributed by atoms with van der Waals surface area (Å²) in [5.41, 5.74) is 3.69. The minimum atomic E-state index is 1.21. The summed E-state index contributed by atoms with van der Waals surface area (Å²) in [6, 6.07) is 14.9. The number of benzene rings is 2. The van der Waals surface area contributed by atoms with Crippen LogP contribution >= 0.6 is 0 Å². The van der Waals surface area contributed by atoms with Gasteiger partial charge in [-0.15, -0.1) is 0 Å². The zero-order chi connectivity index (χ0) is 10.3. The topological polar surface area (TPSA) is 15.8 Å². The summed E-state index contributed by atoms with van der Waals surface area (Å²) in [6.45, 7) is 2.07. The Bertz CT molecular complexity index is 625. The molecule has 0 aliphatic carbocycles. The van der Waals surface area contributed by atoms with Crippen LogP contribution in [-0.4, -0.2) is 12.3 Å². The Balaban J connectivity index is 2.46. The fourth-order valence-electron chi connectivity index (χ4n) is 2.05. The maximum atomic E-state index is 3.42. The third-order valence-corrected chi connectivity index (χ3v) is 2.86. The van der Waals surface area contributed by atoms with Crippen molar-refractivity contribution in [2.75, 3.05) is 0 Å².